The van der Waals surface area contributed by atoms with Crippen LogP contribution in [0.25, 0.3) is 5.69 Å². The summed E-state index contributed by atoms with van der Waals surface area (Å²) in [6, 6.07) is 5.38. The van der Waals surface area contributed by atoms with Gasteiger partial charge in [0.25, 0.3) is 5.91 Å². The van der Waals surface area contributed by atoms with Gasteiger partial charge in [-0.05, 0) is 32.0 Å². The maximum atomic E-state index is 12.1. The summed E-state index contributed by atoms with van der Waals surface area (Å²) in [5, 5.41) is 10.9. The Bertz CT molecular complexity index is 791. The maximum absolute atomic E-state index is 12.1. The lowest BCUT2D eigenvalue weighted by molar-refractivity contribution is 0.0949. The minimum Gasteiger partial charge on any atom is -0.466 e. The van der Waals surface area contributed by atoms with Gasteiger partial charge in [0.05, 0.1) is 24.0 Å². The van der Waals surface area contributed by atoms with Crippen molar-refractivity contribution in [2.45, 2.75) is 20.4 Å². The predicted octanol–water partition coefficient (Wildman–Crippen LogP) is 1.80. The molecule has 0 aliphatic heterocycles. The summed E-state index contributed by atoms with van der Waals surface area (Å²) in [5.74, 6) is 1.13. The van der Waals surface area contributed by atoms with Crippen molar-refractivity contribution in [1.82, 2.24) is 25.3 Å². The Morgan fingerprint density at radius 1 is 1.32 bits per heavy atom. The number of nitrogens with zero attached hydrogens (tertiary/aromatic N) is 4. The number of furan rings is 1. The Kier molecular flexibility index (Phi) is 3.69. The first kappa shape index (κ1) is 14.0. The van der Waals surface area contributed by atoms with Gasteiger partial charge in [0, 0.05) is 12.4 Å². The molecule has 0 aliphatic carbocycles. The van der Waals surface area contributed by atoms with Crippen LogP contribution in [0, 0.1) is 13.8 Å². The summed E-state index contributed by atoms with van der Waals surface area (Å²) < 4.78 is 6.99. The number of nitrogens with one attached hydrogen (secondary N) is 1. The molecule has 0 saturated heterocycles. The first-order chi connectivity index (χ1) is 10.6. The van der Waals surface area contributed by atoms with E-state index in [4.69, 9.17) is 4.42 Å². The molecule has 3 aromatic rings. The Hall–Kier alpha value is -2.96. The van der Waals surface area contributed by atoms with Crippen LogP contribution >= 0.6 is 0 Å². The zero-order valence-corrected chi connectivity index (χ0v) is 12.3. The minimum atomic E-state index is -0.187. The molecule has 0 bridgehead atoms. The van der Waals surface area contributed by atoms with E-state index >= 15 is 0 Å². The first-order valence-corrected chi connectivity index (χ1v) is 6.80. The van der Waals surface area contributed by atoms with Crippen molar-refractivity contribution >= 4 is 5.91 Å². The number of aryl methyl sites for hydroxylation is 2. The summed E-state index contributed by atoms with van der Waals surface area (Å²) in [4.78, 5) is 16.0. The Morgan fingerprint density at radius 2 is 2.09 bits per heavy atom. The number of aromatic nitrogens is 4. The van der Waals surface area contributed by atoms with Crippen molar-refractivity contribution in [3.8, 4) is 5.69 Å². The third kappa shape index (κ3) is 2.88. The van der Waals surface area contributed by atoms with Crippen LogP contribution in [-0.4, -0.2) is 25.9 Å². The van der Waals surface area contributed by atoms with Gasteiger partial charge in [0.2, 0.25) is 0 Å². The molecule has 22 heavy (non-hydrogen) atoms. The van der Waals surface area contributed by atoms with E-state index in [1.165, 1.54) is 0 Å². The molecule has 7 heteroatoms. The third-order valence-corrected chi connectivity index (χ3v) is 3.18. The van der Waals surface area contributed by atoms with E-state index in [0.29, 0.717) is 29.3 Å². The lowest BCUT2D eigenvalue weighted by Gasteiger charge is -2.01. The molecule has 0 aromatic carbocycles. The molecule has 1 amide bonds. The molecule has 0 saturated carbocycles. The highest BCUT2D eigenvalue weighted by molar-refractivity contribution is 5.95. The molecule has 0 aliphatic rings. The second-order valence-corrected chi connectivity index (χ2v) is 4.87. The number of carbonyl (C=O) groups is 1. The van der Waals surface area contributed by atoms with Crippen molar-refractivity contribution in [3.05, 3.63) is 59.6 Å². The molecule has 0 atom stereocenters. The van der Waals surface area contributed by atoms with Crippen LogP contribution in [0.5, 0.6) is 0 Å². The average Bonchev–Trinajstić information content (AvgIpc) is 3.12. The first-order valence-electron chi connectivity index (χ1n) is 6.80. The van der Waals surface area contributed by atoms with E-state index in [0.717, 1.165) is 5.69 Å². The fourth-order valence-electron chi connectivity index (χ4n) is 2.12. The van der Waals surface area contributed by atoms with Crippen LogP contribution in [0.4, 0.5) is 0 Å². The highest BCUT2D eigenvalue weighted by Crippen LogP contribution is 2.13. The second-order valence-electron chi connectivity index (χ2n) is 4.87. The van der Waals surface area contributed by atoms with Crippen LogP contribution in [0.1, 0.15) is 27.6 Å². The van der Waals surface area contributed by atoms with E-state index in [9.17, 15) is 4.79 Å². The summed E-state index contributed by atoms with van der Waals surface area (Å²) in [6.07, 6.45) is 5.13. The van der Waals surface area contributed by atoms with Gasteiger partial charge in [-0.2, -0.15) is 0 Å². The Labute approximate surface area is 127 Å². The van der Waals surface area contributed by atoms with Crippen molar-refractivity contribution in [1.29, 1.82) is 0 Å². The van der Waals surface area contributed by atoms with Gasteiger partial charge in [0.15, 0.2) is 0 Å². The topological polar surface area (TPSA) is 85.8 Å². The van der Waals surface area contributed by atoms with E-state index in [1.807, 2.05) is 19.1 Å². The normalized spacial score (nSPS) is 10.6. The molecule has 3 rings (SSSR count). The van der Waals surface area contributed by atoms with Crippen molar-refractivity contribution < 1.29 is 9.21 Å². The van der Waals surface area contributed by atoms with Crippen LogP contribution in [0.2, 0.25) is 0 Å². The quantitative estimate of drug-likeness (QED) is 0.793. The number of rotatable bonds is 4. The molecule has 0 unspecified atom stereocenters. The van der Waals surface area contributed by atoms with Crippen molar-refractivity contribution in [3.63, 3.8) is 0 Å². The standard InChI is InChI=1S/C15H15N5O2/c1-10-7-14(11(2)22-10)15(21)17-8-12-9-20(19-18-12)13-3-5-16-6-4-13/h3-7,9H,8H2,1-2H3,(H,17,21). The number of amides is 1. The minimum absolute atomic E-state index is 0.187. The van der Waals surface area contributed by atoms with Crippen LogP contribution in [-0.2, 0) is 6.54 Å². The largest absolute Gasteiger partial charge is 0.466 e. The SMILES string of the molecule is Cc1cc(C(=O)NCc2cn(-c3ccncc3)nn2)c(C)o1. The maximum Gasteiger partial charge on any atom is 0.255 e. The molecule has 0 radical (unpaired) electrons. The predicted molar refractivity (Wildman–Crippen MR) is 78.5 cm³/mol. The van der Waals surface area contributed by atoms with Crippen molar-refractivity contribution in [2.75, 3.05) is 0 Å². The van der Waals surface area contributed by atoms with Gasteiger partial charge in [-0.25, -0.2) is 4.68 Å². The number of carbonyl (C=O) groups excluding carboxylic acids is 1. The molecule has 0 spiro atoms. The zero-order chi connectivity index (χ0) is 15.5. The second kappa shape index (κ2) is 5.80. The van der Waals surface area contributed by atoms with Gasteiger partial charge in [0.1, 0.15) is 17.2 Å². The van der Waals surface area contributed by atoms with Crippen LogP contribution < -0.4 is 5.32 Å². The lowest BCUT2D eigenvalue weighted by atomic mass is 10.2. The lowest BCUT2D eigenvalue weighted by Crippen LogP contribution is -2.23. The molecule has 3 heterocycles. The molecular formula is C15H15N5O2. The average molecular weight is 297 g/mol. The highest BCUT2D eigenvalue weighted by atomic mass is 16.3. The van der Waals surface area contributed by atoms with Crippen LogP contribution in [0.15, 0.2) is 41.2 Å². The van der Waals surface area contributed by atoms with Crippen LogP contribution in [0.3, 0.4) is 0 Å². The molecule has 0 fully saturated rings. The molecule has 7 nitrogen and oxygen atoms in total. The van der Waals surface area contributed by atoms with Gasteiger partial charge >= 0.3 is 0 Å². The summed E-state index contributed by atoms with van der Waals surface area (Å²) in [6.45, 7) is 3.87. The fraction of sp³-hybridized carbons (Fsp3) is 0.200. The van der Waals surface area contributed by atoms with Gasteiger partial charge < -0.3 is 9.73 Å². The van der Waals surface area contributed by atoms with E-state index in [2.05, 4.69) is 20.6 Å². The third-order valence-electron chi connectivity index (χ3n) is 3.18. The van der Waals surface area contributed by atoms with Gasteiger partial charge in [-0.15, -0.1) is 5.10 Å². The van der Waals surface area contributed by atoms with Crippen molar-refractivity contribution in [2.24, 2.45) is 0 Å². The van der Waals surface area contributed by atoms with E-state index < -0.39 is 0 Å². The molecule has 3 aromatic heterocycles. The smallest absolute Gasteiger partial charge is 0.255 e. The molecule has 1 N–H and O–H groups in total. The summed E-state index contributed by atoms with van der Waals surface area (Å²) >= 11 is 0. The van der Waals surface area contributed by atoms with E-state index in [-0.39, 0.29) is 5.91 Å². The molecule has 112 valence electrons. The number of hydrogen-bond donors (Lipinski definition) is 1. The van der Waals surface area contributed by atoms with E-state index in [1.54, 1.807) is 36.3 Å². The Morgan fingerprint density at radius 3 is 2.77 bits per heavy atom. The van der Waals surface area contributed by atoms with Gasteiger partial charge in [-0.3, -0.25) is 9.78 Å². The zero-order valence-electron chi connectivity index (χ0n) is 12.3. The molecular weight excluding hydrogens is 282 g/mol. The fourth-order valence-corrected chi connectivity index (χ4v) is 2.12. The number of hydrogen-bond acceptors (Lipinski definition) is 5. The summed E-state index contributed by atoms with van der Waals surface area (Å²) in [7, 11) is 0. The Balaban J connectivity index is 1.66. The summed E-state index contributed by atoms with van der Waals surface area (Å²) in [5.41, 5.74) is 2.07. The monoisotopic (exact) mass is 297 g/mol. The highest BCUT2D eigenvalue weighted by Gasteiger charge is 2.13. The number of pyridine rings is 1. The van der Waals surface area contributed by atoms with Gasteiger partial charge in [-0.1, -0.05) is 5.21 Å².